The molecule has 0 aliphatic heterocycles. The van der Waals surface area contributed by atoms with Crippen LogP contribution in [0.5, 0.6) is 0 Å². The van der Waals surface area contributed by atoms with Gasteiger partial charge in [0.1, 0.15) is 12.1 Å². The van der Waals surface area contributed by atoms with Crippen LogP contribution < -0.4 is 5.73 Å². The van der Waals surface area contributed by atoms with Crippen molar-refractivity contribution >= 4 is 19.8 Å². The van der Waals surface area contributed by atoms with Gasteiger partial charge in [0.05, 0.1) is 19.8 Å². The Morgan fingerprint density at radius 2 is 0.983 bits per heavy atom. The number of rotatable bonds is 44. The van der Waals surface area contributed by atoms with E-state index in [1.165, 1.54) is 89.9 Å². The Balaban J connectivity index is 4.19. The lowest BCUT2D eigenvalue weighted by Gasteiger charge is -2.20. The van der Waals surface area contributed by atoms with E-state index < -0.39 is 45.1 Å². The molecule has 0 rings (SSSR count). The van der Waals surface area contributed by atoms with Crippen molar-refractivity contribution in [2.75, 3.05) is 26.4 Å². The smallest absolute Gasteiger partial charge is 0.472 e. The number of carbonyl (C=O) groups is 2. The number of esters is 1. The second kappa shape index (κ2) is 43.7. The lowest BCUT2D eigenvalue weighted by Crippen LogP contribution is -2.34. The second-order valence-corrected chi connectivity index (χ2v) is 17.0. The molecular formula is C48H86NO9P. The highest BCUT2D eigenvalue weighted by Gasteiger charge is 2.27. The van der Waals surface area contributed by atoms with Crippen molar-refractivity contribution < 1.29 is 42.7 Å². The first kappa shape index (κ1) is 56.7. The topological polar surface area (TPSA) is 155 Å². The molecule has 0 fully saturated rings. The molecule has 4 N–H and O–H groups in total. The van der Waals surface area contributed by atoms with Crippen molar-refractivity contribution in [2.24, 2.45) is 5.73 Å². The Morgan fingerprint density at radius 1 is 0.559 bits per heavy atom. The fourth-order valence-electron chi connectivity index (χ4n) is 6.18. The number of aliphatic carboxylic acids is 1. The largest absolute Gasteiger partial charge is 0.480 e. The first-order valence-corrected chi connectivity index (χ1v) is 24.8. The predicted molar refractivity (Wildman–Crippen MR) is 244 cm³/mol. The highest BCUT2D eigenvalue weighted by Crippen LogP contribution is 2.43. The summed E-state index contributed by atoms with van der Waals surface area (Å²) in [4.78, 5) is 33.6. The molecule has 0 amide bonds. The third-order valence-electron chi connectivity index (χ3n) is 9.78. The molecule has 0 aliphatic carbocycles. The van der Waals surface area contributed by atoms with Gasteiger partial charge in [-0.2, -0.15) is 0 Å². The monoisotopic (exact) mass is 852 g/mol. The number of carbonyl (C=O) groups excluding carboxylic acids is 1. The Labute approximate surface area is 360 Å². The van der Waals surface area contributed by atoms with E-state index in [9.17, 15) is 19.0 Å². The fraction of sp³-hybridized carbons (Fsp3) is 0.750. The van der Waals surface area contributed by atoms with Crippen molar-refractivity contribution in [1.29, 1.82) is 0 Å². The average Bonchev–Trinajstić information content (AvgIpc) is 3.21. The summed E-state index contributed by atoms with van der Waals surface area (Å²) in [5, 5.41) is 8.91. The SMILES string of the molecule is CC/C=C\C/C=C\C/C=C\CCCCCCCC(=O)OC(COCCCCCCCCCCCC/C=C\C/C=C\CCCCCCC)COP(=O)(O)OCC(N)C(=O)O. The summed E-state index contributed by atoms with van der Waals surface area (Å²) in [6.45, 7) is 3.73. The summed E-state index contributed by atoms with van der Waals surface area (Å²) in [7, 11) is -4.63. The minimum absolute atomic E-state index is 0.00564. The van der Waals surface area contributed by atoms with Gasteiger partial charge < -0.3 is 25.2 Å². The van der Waals surface area contributed by atoms with E-state index in [0.717, 1.165) is 77.0 Å². The number of allylic oxidation sites excluding steroid dienone is 10. The van der Waals surface area contributed by atoms with Crippen molar-refractivity contribution in [3.63, 3.8) is 0 Å². The molecule has 0 heterocycles. The van der Waals surface area contributed by atoms with Gasteiger partial charge in [-0.15, -0.1) is 0 Å². The summed E-state index contributed by atoms with van der Waals surface area (Å²) >= 11 is 0. The third kappa shape index (κ3) is 43.6. The Morgan fingerprint density at radius 3 is 1.47 bits per heavy atom. The van der Waals surface area contributed by atoms with Crippen molar-refractivity contribution in [3.8, 4) is 0 Å². The minimum Gasteiger partial charge on any atom is -0.480 e. The number of unbranched alkanes of at least 4 members (excludes halogenated alkanes) is 20. The van der Waals surface area contributed by atoms with E-state index in [4.69, 9.17) is 29.4 Å². The molecule has 3 unspecified atom stereocenters. The lowest BCUT2D eigenvalue weighted by molar-refractivity contribution is -0.154. The van der Waals surface area contributed by atoms with Gasteiger partial charge in [0.2, 0.25) is 0 Å². The molecule has 0 aliphatic rings. The van der Waals surface area contributed by atoms with E-state index >= 15 is 0 Å². The molecule has 0 aromatic heterocycles. The van der Waals surface area contributed by atoms with Crippen LogP contribution in [0, 0.1) is 0 Å². The quantitative estimate of drug-likeness (QED) is 0.0233. The number of hydrogen-bond donors (Lipinski definition) is 3. The number of phosphoric ester groups is 1. The molecule has 0 radical (unpaired) electrons. The molecule has 3 atom stereocenters. The van der Waals surface area contributed by atoms with Crippen LogP contribution in [-0.2, 0) is 32.7 Å². The fourth-order valence-corrected chi connectivity index (χ4v) is 6.96. The standard InChI is InChI=1S/C48H86NO9P/c1-3-5-7-9-11-13-15-17-19-20-21-22-23-24-25-27-29-31-33-35-37-39-41-55-42-45(43-56-59(53,54)57-44-46(49)48(51)52)58-47(50)40-38-36-34-32-30-28-26-18-16-14-12-10-8-6-4-2/h6,8,12,14-15,17-18,20-21,26,45-46H,3-5,7,9-11,13,16,19,22-25,27-44,49H2,1-2H3,(H,51,52)(H,53,54)/b8-6-,14-12-,17-15-,21-20-,26-18-. The summed E-state index contributed by atoms with van der Waals surface area (Å²) in [5.74, 6) is -1.80. The molecule has 0 saturated heterocycles. The number of carboxylic acids is 1. The third-order valence-corrected chi connectivity index (χ3v) is 10.7. The molecular weight excluding hydrogens is 766 g/mol. The van der Waals surface area contributed by atoms with Crippen LogP contribution in [0.2, 0.25) is 0 Å². The Kier molecular flexibility index (Phi) is 42.0. The molecule has 0 aromatic rings. The minimum atomic E-state index is -4.63. The van der Waals surface area contributed by atoms with Crippen LogP contribution in [-0.4, -0.2) is 60.5 Å². The number of carboxylic acid groups (broad SMARTS) is 1. The zero-order valence-electron chi connectivity index (χ0n) is 37.3. The van der Waals surface area contributed by atoms with E-state index in [1.54, 1.807) is 0 Å². The zero-order chi connectivity index (χ0) is 43.3. The molecule has 0 spiro atoms. The van der Waals surface area contributed by atoms with Gasteiger partial charge in [0, 0.05) is 13.0 Å². The van der Waals surface area contributed by atoms with Gasteiger partial charge in [-0.05, 0) is 77.0 Å². The van der Waals surface area contributed by atoms with Crippen LogP contribution in [0.4, 0.5) is 0 Å². The highest BCUT2D eigenvalue weighted by atomic mass is 31.2. The number of hydrogen-bond acceptors (Lipinski definition) is 8. The van der Waals surface area contributed by atoms with Crippen molar-refractivity contribution in [2.45, 2.75) is 206 Å². The van der Waals surface area contributed by atoms with E-state index in [-0.39, 0.29) is 13.0 Å². The molecule has 11 heteroatoms. The maximum Gasteiger partial charge on any atom is 0.472 e. The number of nitrogens with two attached hydrogens (primary N) is 1. The van der Waals surface area contributed by atoms with Gasteiger partial charge in [-0.3, -0.25) is 18.6 Å². The van der Waals surface area contributed by atoms with Crippen LogP contribution in [0.25, 0.3) is 0 Å². The average molecular weight is 852 g/mol. The van der Waals surface area contributed by atoms with E-state index in [0.29, 0.717) is 13.0 Å². The zero-order valence-corrected chi connectivity index (χ0v) is 38.2. The van der Waals surface area contributed by atoms with Gasteiger partial charge >= 0.3 is 19.8 Å². The van der Waals surface area contributed by atoms with Crippen LogP contribution in [0.1, 0.15) is 194 Å². The van der Waals surface area contributed by atoms with Gasteiger partial charge in [-0.25, -0.2) is 4.57 Å². The first-order valence-electron chi connectivity index (χ1n) is 23.3. The van der Waals surface area contributed by atoms with Crippen LogP contribution in [0.3, 0.4) is 0 Å². The Bertz CT molecular complexity index is 1170. The molecule has 59 heavy (non-hydrogen) atoms. The lowest BCUT2D eigenvalue weighted by atomic mass is 10.1. The summed E-state index contributed by atoms with van der Waals surface area (Å²) in [6.07, 6.45) is 52.7. The van der Waals surface area contributed by atoms with Crippen LogP contribution >= 0.6 is 7.82 Å². The van der Waals surface area contributed by atoms with Crippen molar-refractivity contribution in [1.82, 2.24) is 0 Å². The maximum atomic E-state index is 12.6. The van der Waals surface area contributed by atoms with E-state index in [1.807, 2.05) is 0 Å². The summed E-state index contributed by atoms with van der Waals surface area (Å²) in [5.41, 5.74) is 5.36. The van der Waals surface area contributed by atoms with Gasteiger partial charge in [-0.1, -0.05) is 171 Å². The number of phosphoric acid groups is 1. The van der Waals surface area contributed by atoms with Gasteiger partial charge in [0.25, 0.3) is 0 Å². The molecule has 0 aromatic carbocycles. The van der Waals surface area contributed by atoms with Gasteiger partial charge in [0.15, 0.2) is 0 Å². The summed E-state index contributed by atoms with van der Waals surface area (Å²) in [6, 6.07) is -1.48. The molecule has 0 bridgehead atoms. The van der Waals surface area contributed by atoms with E-state index in [2.05, 4.69) is 74.6 Å². The first-order chi connectivity index (χ1) is 28.7. The normalized spacial score (nSPS) is 14.4. The predicted octanol–water partition coefficient (Wildman–Crippen LogP) is 13.2. The second-order valence-electron chi connectivity index (χ2n) is 15.5. The Hall–Kier alpha value is -2.33. The highest BCUT2D eigenvalue weighted by molar-refractivity contribution is 7.47. The van der Waals surface area contributed by atoms with Crippen LogP contribution in [0.15, 0.2) is 60.8 Å². The molecule has 342 valence electrons. The molecule has 0 saturated carbocycles. The summed E-state index contributed by atoms with van der Waals surface area (Å²) < 4.78 is 33.4. The molecule has 10 nitrogen and oxygen atoms in total. The number of ether oxygens (including phenoxy) is 2. The maximum absolute atomic E-state index is 12.6. The van der Waals surface area contributed by atoms with Crippen molar-refractivity contribution in [3.05, 3.63) is 60.8 Å².